The van der Waals surface area contributed by atoms with E-state index in [4.69, 9.17) is 21.4 Å². The van der Waals surface area contributed by atoms with E-state index in [0.29, 0.717) is 35.5 Å². The van der Waals surface area contributed by atoms with Crippen LogP contribution in [0, 0.1) is 5.92 Å². The fraction of sp³-hybridized carbons (Fsp3) is 0.562. The van der Waals surface area contributed by atoms with Crippen LogP contribution in [0.15, 0.2) is 18.2 Å². The van der Waals surface area contributed by atoms with Gasteiger partial charge in [0.05, 0.1) is 16.8 Å². The average Bonchev–Trinajstić information content (AvgIpc) is 2.50. The van der Waals surface area contributed by atoms with Crippen LogP contribution in [-0.4, -0.2) is 41.8 Å². The Balaban J connectivity index is 2.04. The molecule has 0 aliphatic carbocycles. The van der Waals surface area contributed by atoms with Gasteiger partial charge in [-0.25, -0.2) is 4.79 Å². The van der Waals surface area contributed by atoms with Crippen molar-refractivity contribution in [2.24, 2.45) is 5.92 Å². The Hall–Kier alpha value is -1.46. The number of hydrogen-bond acceptors (Lipinski definition) is 3. The summed E-state index contributed by atoms with van der Waals surface area (Å²) in [5.74, 6) is 0.799. The molecule has 0 spiro atoms. The number of para-hydroxylation sites is 1. The van der Waals surface area contributed by atoms with E-state index in [-0.39, 0.29) is 18.7 Å². The predicted molar refractivity (Wildman–Crippen MR) is 87.6 cm³/mol. The van der Waals surface area contributed by atoms with Crippen LogP contribution in [-0.2, 0) is 0 Å². The van der Waals surface area contributed by atoms with Crippen molar-refractivity contribution in [3.8, 4) is 5.75 Å². The predicted octanol–water partition coefficient (Wildman–Crippen LogP) is 3.36. The molecule has 1 aliphatic heterocycles. The number of urea groups is 1. The lowest BCUT2D eigenvalue weighted by atomic mass is 9.98. The molecular weight excluding hydrogens is 304 g/mol. The number of anilines is 1. The molecule has 0 radical (unpaired) electrons. The minimum Gasteiger partial charge on any atom is -0.487 e. The molecule has 0 bridgehead atoms. The Labute approximate surface area is 136 Å². The molecule has 0 atom stereocenters. The molecule has 1 saturated heterocycles. The topological polar surface area (TPSA) is 61.8 Å². The zero-order valence-electron chi connectivity index (χ0n) is 13.0. The maximum Gasteiger partial charge on any atom is 0.321 e. The van der Waals surface area contributed by atoms with Crippen molar-refractivity contribution in [1.29, 1.82) is 0 Å². The molecule has 1 aromatic rings. The number of benzene rings is 1. The number of aliphatic hydroxyl groups is 1. The molecule has 5 nitrogen and oxygen atoms in total. The van der Waals surface area contributed by atoms with Gasteiger partial charge in [0.15, 0.2) is 5.75 Å². The summed E-state index contributed by atoms with van der Waals surface area (Å²) in [5, 5.41) is 12.5. The highest BCUT2D eigenvalue weighted by Crippen LogP contribution is 2.34. The molecule has 22 heavy (non-hydrogen) atoms. The van der Waals surface area contributed by atoms with Gasteiger partial charge in [0.1, 0.15) is 0 Å². The number of nitrogens with one attached hydrogen (secondary N) is 1. The molecule has 2 rings (SSSR count). The molecule has 2 N–H and O–H groups in total. The largest absolute Gasteiger partial charge is 0.487 e. The number of carbonyl (C=O) groups excluding carboxylic acids is 1. The first-order valence-electron chi connectivity index (χ1n) is 7.63. The first-order chi connectivity index (χ1) is 10.5. The second-order valence-electron chi connectivity index (χ2n) is 5.83. The number of carbonyl (C=O) groups is 1. The van der Waals surface area contributed by atoms with Crippen molar-refractivity contribution in [3.05, 3.63) is 23.2 Å². The molecule has 0 unspecified atom stereocenters. The number of piperidine rings is 1. The van der Waals surface area contributed by atoms with E-state index >= 15 is 0 Å². The van der Waals surface area contributed by atoms with Crippen LogP contribution in [0.4, 0.5) is 10.5 Å². The summed E-state index contributed by atoms with van der Waals surface area (Å²) in [6.45, 7) is 5.31. The molecule has 122 valence electrons. The molecule has 1 aromatic carbocycles. The van der Waals surface area contributed by atoms with Gasteiger partial charge in [-0.3, -0.25) is 0 Å². The van der Waals surface area contributed by atoms with Crippen molar-refractivity contribution in [1.82, 2.24) is 4.90 Å². The molecule has 6 heteroatoms. The monoisotopic (exact) mass is 326 g/mol. The summed E-state index contributed by atoms with van der Waals surface area (Å²) < 4.78 is 5.70. The summed E-state index contributed by atoms with van der Waals surface area (Å²) in [5.41, 5.74) is 0.579. The van der Waals surface area contributed by atoms with E-state index in [0.717, 1.165) is 12.8 Å². The van der Waals surface area contributed by atoms with Gasteiger partial charge < -0.3 is 20.1 Å². The van der Waals surface area contributed by atoms with Crippen LogP contribution in [0.5, 0.6) is 5.75 Å². The molecule has 0 aromatic heterocycles. The highest BCUT2D eigenvalue weighted by molar-refractivity contribution is 6.32. The second kappa shape index (κ2) is 7.70. The van der Waals surface area contributed by atoms with E-state index in [1.165, 1.54) is 0 Å². The van der Waals surface area contributed by atoms with Crippen LogP contribution >= 0.6 is 11.6 Å². The highest BCUT2D eigenvalue weighted by Gasteiger charge is 2.23. The normalized spacial score (nSPS) is 16.0. The van der Waals surface area contributed by atoms with E-state index in [9.17, 15) is 4.79 Å². The number of amides is 2. The van der Waals surface area contributed by atoms with Gasteiger partial charge >= 0.3 is 6.03 Å². The van der Waals surface area contributed by atoms with Crippen molar-refractivity contribution in [2.75, 3.05) is 25.0 Å². The minimum atomic E-state index is -0.160. The number of ether oxygens (including phenoxy) is 1. The minimum absolute atomic E-state index is 0.0316. The number of nitrogens with zero attached hydrogens (tertiary/aromatic N) is 1. The highest BCUT2D eigenvalue weighted by atomic mass is 35.5. The SMILES string of the molecule is CC(C)Oc1c(Cl)cccc1NC(=O)N1CCC(CO)CC1. The quantitative estimate of drug-likeness (QED) is 0.891. The molecule has 1 aliphatic rings. The molecule has 1 fully saturated rings. The Morgan fingerprint density at radius 2 is 2.14 bits per heavy atom. The first kappa shape index (κ1) is 16.9. The third kappa shape index (κ3) is 4.27. The Morgan fingerprint density at radius 1 is 1.45 bits per heavy atom. The van der Waals surface area contributed by atoms with Gasteiger partial charge in [-0.15, -0.1) is 0 Å². The maximum absolute atomic E-state index is 12.4. The summed E-state index contributed by atoms with van der Waals surface area (Å²) in [6.07, 6.45) is 1.62. The van der Waals surface area contributed by atoms with E-state index in [1.54, 1.807) is 23.1 Å². The van der Waals surface area contributed by atoms with Crippen molar-refractivity contribution < 1.29 is 14.6 Å². The Bertz CT molecular complexity index is 514. The summed E-state index contributed by atoms with van der Waals surface area (Å²) in [4.78, 5) is 14.1. The third-order valence-corrected chi connectivity index (χ3v) is 4.02. The van der Waals surface area contributed by atoms with Gasteiger partial charge in [-0.05, 0) is 44.7 Å². The maximum atomic E-state index is 12.4. The van der Waals surface area contributed by atoms with Crippen LogP contribution in [0.25, 0.3) is 0 Å². The number of halogens is 1. The van der Waals surface area contributed by atoms with E-state index in [1.807, 2.05) is 13.8 Å². The zero-order chi connectivity index (χ0) is 16.1. The summed E-state index contributed by atoms with van der Waals surface area (Å²) in [6, 6.07) is 5.14. The van der Waals surface area contributed by atoms with Crippen molar-refractivity contribution in [3.63, 3.8) is 0 Å². The number of hydrogen-bond donors (Lipinski definition) is 2. The van der Waals surface area contributed by atoms with E-state index in [2.05, 4.69) is 5.32 Å². The summed E-state index contributed by atoms with van der Waals surface area (Å²) >= 11 is 6.16. The van der Waals surface area contributed by atoms with Crippen LogP contribution in [0.1, 0.15) is 26.7 Å². The Morgan fingerprint density at radius 3 is 2.73 bits per heavy atom. The van der Waals surface area contributed by atoms with Gasteiger partial charge in [-0.2, -0.15) is 0 Å². The fourth-order valence-electron chi connectivity index (χ4n) is 2.48. The van der Waals surface area contributed by atoms with Crippen molar-refractivity contribution >= 4 is 23.3 Å². The zero-order valence-corrected chi connectivity index (χ0v) is 13.8. The number of rotatable bonds is 4. The van der Waals surface area contributed by atoms with Gasteiger partial charge in [0, 0.05) is 19.7 Å². The first-order valence-corrected chi connectivity index (χ1v) is 8.01. The third-order valence-electron chi connectivity index (χ3n) is 3.72. The summed E-state index contributed by atoms with van der Waals surface area (Å²) in [7, 11) is 0. The van der Waals surface area contributed by atoms with Gasteiger partial charge in [0.2, 0.25) is 0 Å². The molecule has 2 amide bonds. The fourth-order valence-corrected chi connectivity index (χ4v) is 2.69. The lowest BCUT2D eigenvalue weighted by molar-refractivity contribution is 0.143. The molecule has 1 heterocycles. The van der Waals surface area contributed by atoms with Crippen LogP contribution < -0.4 is 10.1 Å². The lowest BCUT2D eigenvalue weighted by Crippen LogP contribution is -2.41. The molecular formula is C16H23ClN2O3. The molecule has 0 saturated carbocycles. The lowest BCUT2D eigenvalue weighted by Gasteiger charge is -2.31. The van der Waals surface area contributed by atoms with Crippen LogP contribution in [0.3, 0.4) is 0 Å². The van der Waals surface area contributed by atoms with Crippen molar-refractivity contribution in [2.45, 2.75) is 32.8 Å². The number of likely N-dealkylation sites (tertiary alicyclic amines) is 1. The van der Waals surface area contributed by atoms with Gasteiger partial charge in [-0.1, -0.05) is 17.7 Å². The average molecular weight is 327 g/mol. The standard InChI is InChI=1S/C16H23ClN2O3/c1-11(2)22-15-13(17)4-3-5-14(15)18-16(21)19-8-6-12(10-20)7-9-19/h3-5,11-12,20H,6-10H2,1-2H3,(H,18,21). The van der Waals surface area contributed by atoms with E-state index < -0.39 is 0 Å². The number of aliphatic hydroxyl groups excluding tert-OH is 1. The van der Waals surface area contributed by atoms with Crippen LogP contribution in [0.2, 0.25) is 5.02 Å². The second-order valence-corrected chi connectivity index (χ2v) is 6.23. The smallest absolute Gasteiger partial charge is 0.321 e. The van der Waals surface area contributed by atoms with Gasteiger partial charge in [0.25, 0.3) is 0 Å². The Kier molecular flexibility index (Phi) is 5.91.